The second kappa shape index (κ2) is 10.2. The van der Waals surface area contributed by atoms with E-state index in [9.17, 15) is 5.11 Å². The largest absolute Gasteiger partial charge is 0.508 e. The molecular weight excluding hydrogens is 427 g/mol. The SMILES string of the molecule is Cl.Oc1ccc(OC[C@@H]2CO[C@@](CCc3ccc(Cl)cc3)(Cn3ccnc3)O2)cc1. The molecule has 2 heterocycles. The van der Waals surface area contributed by atoms with Gasteiger partial charge in [0.1, 0.15) is 24.2 Å². The predicted molar refractivity (Wildman–Crippen MR) is 116 cm³/mol. The molecule has 1 saturated heterocycles. The fourth-order valence-corrected chi connectivity index (χ4v) is 3.49. The van der Waals surface area contributed by atoms with Crippen molar-refractivity contribution in [2.45, 2.75) is 31.3 Å². The third-order valence-corrected chi connectivity index (χ3v) is 5.13. The first-order valence-electron chi connectivity index (χ1n) is 9.54. The molecule has 30 heavy (non-hydrogen) atoms. The molecule has 0 spiro atoms. The number of nitrogens with zero attached hydrogens (tertiary/aromatic N) is 2. The first-order valence-corrected chi connectivity index (χ1v) is 9.92. The molecule has 1 fully saturated rings. The van der Waals surface area contributed by atoms with Gasteiger partial charge in [-0.2, -0.15) is 0 Å². The highest BCUT2D eigenvalue weighted by atomic mass is 35.5. The lowest BCUT2D eigenvalue weighted by Gasteiger charge is -2.28. The summed E-state index contributed by atoms with van der Waals surface area (Å²) in [4.78, 5) is 4.12. The number of halogens is 2. The Morgan fingerprint density at radius 3 is 2.63 bits per heavy atom. The highest BCUT2D eigenvalue weighted by Crippen LogP contribution is 2.31. The van der Waals surface area contributed by atoms with Crippen molar-refractivity contribution in [3.63, 3.8) is 0 Å². The Bertz CT molecular complexity index is 904. The maximum absolute atomic E-state index is 9.38. The number of imidazole rings is 1. The van der Waals surface area contributed by atoms with E-state index < -0.39 is 5.79 Å². The van der Waals surface area contributed by atoms with Crippen LogP contribution in [0.1, 0.15) is 12.0 Å². The number of hydrogen-bond donors (Lipinski definition) is 1. The van der Waals surface area contributed by atoms with Crippen molar-refractivity contribution < 1.29 is 19.3 Å². The first kappa shape index (κ1) is 22.4. The van der Waals surface area contributed by atoms with Crippen LogP contribution in [0, 0.1) is 0 Å². The summed E-state index contributed by atoms with van der Waals surface area (Å²) in [7, 11) is 0. The molecule has 4 rings (SSSR count). The fraction of sp³-hybridized carbons (Fsp3) is 0.318. The molecule has 6 nitrogen and oxygen atoms in total. The summed E-state index contributed by atoms with van der Waals surface area (Å²) in [6.07, 6.45) is 6.72. The van der Waals surface area contributed by atoms with Crippen molar-refractivity contribution in [1.29, 1.82) is 0 Å². The number of rotatable bonds is 8. The van der Waals surface area contributed by atoms with Gasteiger partial charge in [0.15, 0.2) is 5.79 Å². The van der Waals surface area contributed by atoms with Gasteiger partial charge >= 0.3 is 0 Å². The fourth-order valence-electron chi connectivity index (χ4n) is 3.37. The molecule has 1 aromatic heterocycles. The number of phenols is 1. The van der Waals surface area contributed by atoms with Crippen LogP contribution in [0.4, 0.5) is 0 Å². The summed E-state index contributed by atoms with van der Waals surface area (Å²) < 4.78 is 20.3. The molecule has 2 aromatic carbocycles. The summed E-state index contributed by atoms with van der Waals surface area (Å²) in [5.74, 6) is 0.141. The standard InChI is InChI=1S/C22H23ClN2O4.ClH/c23-18-3-1-17(2-4-18)9-10-22(15-25-12-11-24-16-25)28-14-21(29-22)13-27-20-7-5-19(26)6-8-20;/h1-8,11-12,16,21,26H,9-10,13-15H2;1H/t21-,22-;/m1./s1. The van der Waals surface area contributed by atoms with Crippen LogP contribution in [0.3, 0.4) is 0 Å². The number of phenolic OH excluding ortho intramolecular Hbond substituents is 1. The first-order chi connectivity index (χ1) is 14.1. The van der Waals surface area contributed by atoms with Crippen molar-refractivity contribution in [3.05, 3.63) is 77.8 Å². The Kier molecular flexibility index (Phi) is 7.61. The van der Waals surface area contributed by atoms with Gasteiger partial charge in [0.05, 0.1) is 19.5 Å². The molecule has 0 amide bonds. The Morgan fingerprint density at radius 1 is 1.17 bits per heavy atom. The summed E-state index contributed by atoms with van der Waals surface area (Å²) in [6.45, 7) is 1.38. The topological polar surface area (TPSA) is 65.7 Å². The minimum absolute atomic E-state index is 0. The number of aromatic nitrogens is 2. The molecule has 8 heteroatoms. The van der Waals surface area contributed by atoms with Gasteiger partial charge in [-0.3, -0.25) is 0 Å². The third kappa shape index (κ3) is 5.89. The molecule has 0 radical (unpaired) electrons. The van der Waals surface area contributed by atoms with Gasteiger partial charge in [-0.1, -0.05) is 23.7 Å². The lowest BCUT2D eigenvalue weighted by Crippen LogP contribution is -2.37. The monoisotopic (exact) mass is 450 g/mol. The molecule has 160 valence electrons. The lowest BCUT2D eigenvalue weighted by molar-refractivity contribution is -0.184. The van der Waals surface area contributed by atoms with Crippen LogP contribution in [-0.4, -0.2) is 39.8 Å². The Balaban J connectivity index is 0.00000256. The minimum Gasteiger partial charge on any atom is -0.508 e. The lowest BCUT2D eigenvalue weighted by atomic mass is 10.0. The van der Waals surface area contributed by atoms with E-state index in [0.29, 0.717) is 31.9 Å². The number of aryl methyl sites for hydroxylation is 1. The zero-order valence-corrected chi connectivity index (χ0v) is 17.9. The van der Waals surface area contributed by atoms with Crippen molar-refractivity contribution in [1.82, 2.24) is 9.55 Å². The van der Waals surface area contributed by atoms with Gasteiger partial charge in [-0.25, -0.2) is 4.98 Å². The van der Waals surface area contributed by atoms with E-state index in [0.717, 1.165) is 11.4 Å². The average Bonchev–Trinajstić information content (AvgIpc) is 3.38. The van der Waals surface area contributed by atoms with Crippen molar-refractivity contribution in [2.75, 3.05) is 13.2 Å². The van der Waals surface area contributed by atoms with E-state index in [-0.39, 0.29) is 24.3 Å². The number of ether oxygens (including phenoxy) is 3. The zero-order valence-electron chi connectivity index (χ0n) is 16.3. The van der Waals surface area contributed by atoms with Crippen LogP contribution in [-0.2, 0) is 22.4 Å². The summed E-state index contributed by atoms with van der Waals surface area (Å²) in [6, 6.07) is 14.5. The minimum atomic E-state index is -0.747. The maximum Gasteiger partial charge on any atom is 0.187 e. The van der Waals surface area contributed by atoms with E-state index in [2.05, 4.69) is 4.98 Å². The Labute approximate surface area is 186 Å². The average molecular weight is 451 g/mol. The summed E-state index contributed by atoms with van der Waals surface area (Å²) in [5, 5.41) is 10.1. The molecule has 3 aromatic rings. The molecule has 0 aliphatic carbocycles. The van der Waals surface area contributed by atoms with Gasteiger partial charge < -0.3 is 23.9 Å². The van der Waals surface area contributed by atoms with Gasteiger partial charge in [0, 0.05) is 23.8 Å². The van der Waals surface area contributed by atoms with E-state index in [1.54, 1.807) is 36.8 Å². The van der Waals surface area contributed by atoms with Crippen LogP contribution in [0.15, 0.2) is 67.3 Å². The van der Waals surface area contributed by atoms with E-state index in [1.807, 2.05) is 35.0 Å². The highest BCUT2D eigenvalue weighted by molar-refractivity contribution is 6.30. The summed E-state index contributed by atoms with van der Waals surface area (Å²) in [5.41, 5.74) is 1.18. The van der Waals surface area contributed by atoms with E-state index in [1.165, 1.54) is 5.56 Å². The second-order valence-electron chi connectivity index (χ2n) is 7.13. The van der Waals surface area contributed by atoms with Crippen molar-refractivity contribution in [2.24, 2.45) is 0 Å². The maximum atomic E-state index is 9.38. The highest BCUT2D eigenvalue weighted by Gasteiger charge is 2.42. The van der Waals surface area contributed by atoms with Crippen LogP contribution in [0.5, 0.6) is 11.5 Å². The third-order valence-electron chi connectivity index (χ3n) is 4.88. The number of aromatic hydroxyl groups is 1. The second-order valence-corrected chi connectivity index (χ2v) is 7.56. The van der Waals surface area contributed by atoms with Crippen LogP contribution in [0.2, 0.25) is 5.02 Å². The van der Waals surface area contributed by atoms with Crippen LogP contribution in [0.25, 0.3) is 0 Å². The smallest absolute Gasteiger partial charge is 0.187 e. The van der Waals surface area contributed by atoms with Gasteiger partial charge in [-0.15, -0.1) is 12.4 Å². The molecule has 1 aliphatic rings. The predicted octanol–water partition coefficient (Wildman–Crippen LogP) is 4.49. The van der Waals surface area contributed by atoms with Crippen LogP contribution >= 0.6 is 24.0 Å². The molecule has 2 atom stereocenters. The number of benzene rings is 2. The van der Waals surface area contributed by atoms with Crippen molar-refractivity contribution >= 4 is 24.0 Å². The van der Waals surface area contributed by atoms with Crippen molar-refractivity contribution in [3.8, 4) is 11.5 Å². The molecular formula is C22H24Cl2N2O4. The quantitative estimate of drug-likeness (QED) is 0.547. The van der Waals surface area contributed by atoms with Crippen LogP contribution < -0.4 is 4.74 Å². The van der Waals surface area contributed by atoms with Gasteiger partial charge in [0.2, 0.25) is 0 Å². The molecule has 1 aliphatic heterocycles. The Hall–Kier alpha value is -2.25. The number of hydrogen-bond acceptors (Lipinski definition) is 5. The molecule has 0 unspecified atom stereocenters. The Morgan fingerprint density at radius 2 is 1.93 bits per heavy atom. The summed E-state index contributed by atoms with van der Waals surface area (Å²) >= 11 is 5.99. The zero-order chi connectivity index (χ0) is 20.1. The van der Waals surface area contributed by atoms with Gasteiger partial charge in [0.25, 0.3) is 0 Å². The van der Waals surface area contributed by atoms with Gasteiger partial charge in [-0.05, 0) is 48.4 Å². The normalized spacial score (nSPS) is 20.6. The molecule has 0 bridgehead atoms. The van der Waals surface area contributed by atoms with E-state index >= 15 is 0 Å². The molecule has 1 N–H and O–H groups in total. The molecule has 0 saturated carbocycles. The van der Waals surface area contributed by atoms with E-state index in [4.69, 9.17) is 25.8 Å².